The molecule has 0 spiro atoms. The van der Waals surface area contributed by atoms with E-state index in [1.807, 2.05) is 18.2 Å². The molecule has 1 aliphatic rings. The molecule has 0 fully saturated rings. The van der Waals surface area contributed by atoms with Crippen molar-refractivity contribution < 1.29 is 9.56 Å². The summed E-state index contributed by atoms with van der Waals surface area (Å²) in [6, 6.07) is 31.4. The van der Waals surface area contributed by atoms with Crippen molar-refractivity contribution in [3.8, 4) is 0 Å². The number of nitrogens with one attached hydrogen (secondary N) is 2. The van der Waals surface area contributed by atoms with Gasteiger partial charge in [-0.05, 0) is 18.6 Å². The monoisotopic (exact) mass is 356 g/mol. The highest BCUT2D eigenvalue weighted by Gasteiger charge is 2.41. The fraction of sp³-hybridized carbons (Fsp3) is 0.174. The van der Waals surface area contributed by atoms with Crippen LogP contribution in [0.3, 0.4) is 0 Å². The van der Waals surface area contributed by atoms with Gasteiger partial charge >= 0.3 is 6.48 Å². The topological polar surface area (TPSA) is 35.2 Å². The summed E-state index contributed by atoms with van der Waals surface area (Å²) in [6.45, 7) is 0.600. The molecule has 3 aromatic carbocycles. The quantitative estimate of drug-likeness (QED) is 0.680. The first kappa shape index (κ1) is 17.6. The van der Waals surface area contributed by atoms with Crippen molar-refractivity contribution in [2.24, 2.45) is 0 Å². The lowest BCUT2D eigenvalue weighted by atomic mass is 9.42. The average Bonchev–Trinajstić information content (AvgIpc) is 2.75. The molecule has 27 heavy (non-hydrogen) atoms. The lowest BCUT2D eigenvalue weighted by Gasteiger charge is -2.42. The van der Waals surface area contributed by atoms with Gasteiger partial charge in [0.1, 0.15) is 0 Å². The molecule has 0 aromatic heterocycles. The van der Waals surface area contributed by atoms with E-state index in [4.69, 9.17) is 4.65 Å². The van der Waals surface area contributed by atoms with E-state index in [1.54, 1.807) is 0 Å². The predicted molar refractivity (Wildman–Crippen MR) is 112 cm³/mol. The molecule has 0 amide bonds. The molecule has 1 aliphatic heterocycles. The van der Waals surface area contributed by atoms with E-state index >= 15 is 0 Å². The molecular formula is C23H25BN2O. The van der Waals surface area contributed by atoms with Crippen molar-refractivity contribution in [3.63, 3.8) is 0 Å². The molecule has 1 unspecified atom stereocenters. The van der Waals surface area contributed by atoms with E-state index in [2.05, 4.69) is 89.9 Å². The lowest BCUT2D eigenvalue weighted by molar-refractivity contribution is -0.340. The zero-order valence-corrected chi connectivity index (χ0v) is 15.6. The van der Waals surface area contributed by atoms with Crippen LogP contribution in [0.1, 0.15) is 25.3 Å². The van der Waals surface area contributed by atoms with Gasteiger partial charge in [0.2, 0.25) is 5.84 Å². The van der Waals surface area contributed by atoms with Crippen molar-refractivity contribution in [1.82, 2.24) is 5.32 Å². The molecule has 0 bridgehead atoms. The highest BCUT2D eigenvalue weighted by Crippen LogP contribution is 2.11. The highest BCUT2D eigenvalue weighted by atomic mass is 16.5. The van der Waals surface area contributed by atoms with E-state index < -0.39 is 6.48 Å². The maximum atomic E-state index is 6.76. The number of benzene rings is 3. The minimum atomic E-state index is -1.59. The van der Waals surface area contributed by atoms with Crippen molar-refractivity contribution in [3.05, 3.63) is 96.6 Å². The molecule has 3 aromatic rings. The molecule has 4 rings (SSSR count). The van der Waals surface area contributed by atoms with E-state index in [-0.39, 0.29) is 6.23 Å². The molecule has 4 heteroatoms. The number of hydrogen-bond donors (Lipinski definition) is 2. The van der Waals surface area contributed by atoms with Crippen LogP contribution in [0.5, 0.6) is 0 Å². The van der Waals surface area contributed by atoms with Crippen LogP contribution in [0.4, 0.5) is 0 Å². The fourth-order valence-corrected chi connectivity index (χ4v) is 3.86. The van der Waals surface area contributed by atoms with Crippen LogP contribution in [0, 0.1) is 0 Å². The Morgan fingerprint density at radius 2 is 1.33 bits per heavy atom. The van der Waals surface area contributed by atoms with Gasteiger partial charge in [0, 0.05) is 6.42 Å². The molecule has 2 N–H and O–H groups in total. The summed E-state index contributed by atoms with van der Waals surface area (Å²) in [4.78, 5) is 3.75. The van der Waals surface area contributed by atoms with Gasteiger partial charge in [0.05, 0.1) is 5.56 Å². The van der Waals surface area contributed by atoms with Crippen LogP contribution in [-0.4, -0.2) is 18.5 Å². The average molecular weight is 356 g/mol. The Hall–Kier alpha value is -2.85. The van der Waals surface area contributed by atoms with Gasteiger partial charge in [-0.2, -0.15) is 0 Å². The molecular weight excluding hydrogens is 331 g/mol. The first-order valence-electron chi connectivity index (χ1n) is 9.72. The van der Waals surface area contributed by atoms with Crippen molar-refractivity contribution in [2.45, 2.75) is 26.0 Å². The third kappa shape index (κ3) is 3.53. The predicted octanol–water partition coefficient (Wildman–Crippen LogP) is 1.52. The number of hydrogen-bond acceptors (Lipinski definition) is 2. The molecule has 0 radical (unpaired) electrons. The van der Waals surface area contributed by atoms with E-state index in [0.717, 1.165) is 35.2 Å². The fourth-order valence-electron chi connectivity index (χ4n) is 3.86. The van der Waals surface area contributed by atoms with E-state index in [9.17, 15) is 0 Å². The maximum absolute atomic E-state index is 6.76. The van der Waals surface area contributed by atoms with E-state index in [1.165, 1.54) is 0 Å². The molecule has 0 aliphatic carbocycles. The molecule has 0 saturated carbocycles. The molecule has 0 saturated heterocycles. The van der Waals surface area contributed by atoms with Crippen LogP contribution >= 0.6 is 0 Å². The lowest BCUT2D eigenvalue weighted by Crippen LogP contribution is -3.04. The second-order valence-corrected chi connectivity index (χ2v) is 7.05. The number of rotatable bonds is 5. The van der Waals surface area contributed by atoms with Gasteiger partial charge < -0.3 is 9.56 Å². The van der Waals surface area contributed by atoms with Gasteiger partial charge in [0.25, 0.3) is 0 Å². The van der Waals surface area contributed by atoms with Crippen LogP contribution < -0.4 is 21.1 Å². The Balaban J connectivity index is 1.92. The van der Waals surface area contributed by atoms with Gasteiger partial charge in [-0.1, -0.05) is 85.8 Å². The van der Waals surface area contributed by atoms with Crippen LogP contribution in [0.2, 0.25) is 0 Å². The Bertz CT molecular complexity index is 858. The minimum absolute atomic E-state index is 0.0492. The first-order valence-corrected chi connectivity index (χ1v) is 9.72. The van der Waals surface area contributed by atoms with E-state index in [0.29, 0.717) is 0 Å². The molecule has 3 nitrogen and oxygen atoms in total. The van der Waals surface area contributed by atoms with Crippen molar-refractivity contribution >= 4 is 23.2 Å². The Morgan fingerprint density at radius 3 is 1.85 bits per heavy atom. The third-order valence-corrected chi connectivity index (χ3v) is 5.17. The Kier molecular flexibility index (Phi) is 5.08. The maximum Gasteiger partial charge on any atom is 0.367 e. The number of amidine groups is 1. The van der Waals surface area contributed by atoms with Crippen LogP contribution in [-0.2, 0) is 4.65 Å². The highest BCUT2D eigenvalue weighted by molar-refractivity contribution is 6.90. The largest absolute Gasteiger partial charge is 0.510 e. The zero-order chi connectivity index (χ0) is 18.5. The summed E-state index contributed by atoms with van der Waals surface area (Å²) in [7, 11) is 0. The van der Waals surface area contributed by atoms with Crippen molar-refractivity contribution in [1.29, 1.82) is 0 Å². The smallest absolute Gasteiger partial charge is 0.367 e. The Morgan fingerprint density at radius 1 is 0.815 bits per heavy atom. The summed E-state index contributed by atoms with van der Waals surface area (Å²) in [5, 5.41) is 3.56. The second-order valence-electron chi connectivity index (χ2n) is 7.05. The van der Waals surface area contributed by atoms with Crippen LogP contribution in [0.15, 0.2) is 91.0 Å². The van der Waals surface area contributed by atoms with Crippen LogP contribution in [0.25, 0.3) is 0 Å². The van der Waals surface area contributed by atoms with Gasteiger partial charge in [-0.3, -0.25) is 5.32 Å². The molecule has 136 valence electrons. The van der Waals surface area contributed by atoms with Crippen molar-refractivity contribution in [2.75, 3.05) is 0 Å². The van der Waals surface area contributed by atoms with Gasteiger partial charge in [0.15, 0.2) is 6.23 Å². The third-order valence-electron chi connectivity index (χ3n) is 5.17. The Labute approximate surface area is 161 Å². The second kappa shape index (κ2) is 7.81. The summed E-state index contributed by atoms with van der Waals surface area (Å²) in [6.07, 6.45) is 1.95. The minimum Gasteiger partial charge on any atom is -0.510 e. The first-order chi connectivity index (χ1) is 13.3. The zero-order valence-electron chi connectivity index (χ0n) is 15.6. The molecule has 1 heterocycles. The SMILES string of the molecule is CCCC1NC(c2ccccc2)=[NH+][B-](c2ccccc2)(c2ccccc2)O1. The summed E-state index contributed by atoms with van der Waals surface area (Å²) in [5.41, 5.74) is 3.44. The van der Waals surface area contributed by atoms with Gasteiger partial charge in [-0.25, -0.2) is 0 Å². The summed E-state index contributed by atoms with van der Waals surface area (Å²) < 4.78 is 6.76. The standard InChI is InChI=1S/C23H25BN2O/c1-2-12-22-25-23(19-13-6-3-7-14-19)26-24(27-22,20-15-8-4-9-16-20)21-17-10-5-11-18-21/h3-11,13-18,22,25-26H,2,12H2,1H3. The van der Waals surface area contributed by atoms with Gasteiger partial charge in [-0.15, -0.1) is 10.9 Å². The molecule has 1 atom stereocenters. The summed E-state index contributed by atoms with van der Waals surface area (Å²) >= 11 is 0. The summed E-state index contributed by atoms with van der Waals surface area (Å²) in [5.74, 6) is 1.02. The normalized spacial score (nSPS) is 18.4.